The maximum atomic E-state index is 13.0. The van der Waals surface area contributed by atoms with Crippen molar-refractivity contribution >= 4 is 45.5 Å². The summed E-state index contributed by atoms with van der Waals surface area (Å²) in [5, 5.41) is 5.06. The molecule has 1 unspecified atom stereocenters. The van der Waals surface area contributed by atoms with Gasteiger partial charge >= 0.3 is 0 Å². The van der Waals surface area contributed by atoms with Gasteiger partial charge in [-0.3, -0.25) is 4.79 Å². The molecule has 1 aromatic heterocycles. The van der Waals surface area contributed by atoms with Crippen LogP contribution in [0.25, 0.3) is 0 Å². The number of thiazole rings is 1. The van der Waals surface area contributed by atoms with E-state index in [0.29, 0.717) is 20.0 Å². The van der Waals surface area contributed by atoms with Crippen LogP contribution in [0.1, 0.15) is 28.5 Å². The second kappa shape index (κ2) is 5.93. The number of nitrogens with one attached hydrogen (secondary N) is 1. The Morgan fingerprint density at radius 3 is 2.89 bits per heavy atom. The molecule has 100 valence electrons. The second-order valence-electron chi connectivity index (χ2n) is 3.94. The van der Waals surface area contributed by atoms with Crippen molar-refractivity contribution in [3.8, 4) is 0 Å². The van der Waals surface area contributed by atoms with E-state index in [9.17, 15) is 9.18 Å². The fraction of sp³-hybridized carbons (Fsp3) is 0.167. The van der Waals surface area contributed by atoms with E-state index in [1.54, 1.807) is 5.38 Å². The molecular weight excluding hydrogens is 380 g/mol. The molecule has 4 nitrogen and oxygen atoms in total. The van der Waals surface area contributed by atoms with E-state index in [-0.39, 0.29) is 17.8 Å². The highest BCUT2D eigenvalue weighted by atomic mass is 127. The minimum absolute atomic E-state index is 0.197. The van der Waals surface area contributed by atoms with Crippen molar-refractivity contribution in [3.05, 3.63) is 43.7 Å². The molecule has 0 fully saturated rings. The van der Waals surface area contributed by atoms with Gasteiger partial charge in [-0.25, -0.2) is 9.37 Å². The van der Waals surface area contributed by atoms with Gasteiger partial charge in [-0.05, 0) is 47.7 Å². The van der Waals surface area contributed by atoms with Crippen molar-refractivity contribution in [2.24, 2.45) is 5.73 Å². The number of rotatable bonds is 3. The smallest absolute Gasteiger partial charge is 0.275 e. The Balaban J connectivity index is 2.16. The van der Waals surface area contributed by atoms with E-state index in [1.165, 1.54) is 29.5 Å². The summed E-state index contributed by atoms with van der Waals surface area (Å²) in [7, 11) is 0. The summed E-state index contributed by atoms with van der Waals surface area (Å²) in [6.07, 6.45) is 0. The molecule has 1 aromatic carbocycles. The number of benzene rings is 1. The third kappa shape index (κ3) is 3.48. The highest BCUT2D eigenvalue weighted by molar-refractivity contribution is 14.1. The summed E-state index contributed by atoms with van der Waals surface area (Å²) in [5.41, 5.74) is 6.57. The first kappa shape index (κ1) is 14.4. The lowest BCUT2D eigenvalue weighted by atomic mass is 10.3. The third-order valence-corrected chi connectivity index (χ3v) is 4.26. The predicted molar refractivity (Wildman–Crippen MR) is 81.8 cm³/mol. The molecule has 0 saturated heterocycles. The molecule has 3 N–H and O–H groups in total. The monoisotopic (exact) mass is 391 g/mol. The lowest BCUT2D eigenvalue weighted by molar-refractivity contribution is 0.102. The number of hydrogen-bond acceptors (Lipinski definition) is 4. The van der Waals surface area contributed by atoms with E-state index in [1.807, 2.05) is 29.5 Å². The van der Waals surface area contributed by atoms with Crippen LogP contribution in [0.4, 0.5) is 10.1 Å². The lowest BCUT2D eigenvalue weighted by Crippen LogP contribution is -2.14. The number of carbonyl (C=O) groups is 1. The van der Waals surface area contributed by atoms with Gasteiger partial charge < -0.3 is 11.1 Å². The van der Waals surface area contributed by atoms with Crippen molar-refractivity contribution in [1.29, 1.82) is 0 Å². The largest absolute Gasteiger partial charge is 0.322 e. The van der Waals surface area contributed by atoms with Gasteiger partial charge in [0, 0.05) is 8.95 Å². The molecule has 2 rings (SSSR count). The maximum absolute atomic E-state index is 13.0. The van der Waals surface area contributed by atoms with Crippen molar-refractivity contribution in [2.75, 3.05) is 5.32 Å². The highest BCUT2D eigenvalue weighted by Crippen LogP contribution is 2.21. The molecule has 1 atom stereocenters. The zero-order chi connectivity index (χ0) is 14.0. The van der Waals surface area contributed by atoms with Gasteiger partial charge in [0.25, 0.3) is 5.91 Å². The summed E-state index contributed by atoms with van der Waals surface area (Å²) in [4.78, 5) is 16.1. The van der Waals surface area contributed by atoms with Crippen LogP contribution in [0.5, 0.6) is 0 Å². The lowest BCUT2D eigenvalue weighted by Gasteiger charge is -2.05. The van der Waals surface area contributed by atoms with Gasteiger partial charge in [0.1, 0.15) is 16.5 Å². The van der Waals surface area contributed by atoms with E-state index >= 15 is 0 Å². The fourth-order valence-electron chi connectivity index (χ4n) is 1.38. The van der Waals surface area contributed by atoms with Crippen molar-refractivity contribution in [1.82, 2.24) is 4.98 Å². The van der Waals surface area contributed by atoms with E-state index in [0.717, 1.165) is 0 Å². The SMILES string of the molecule is CC(N)c1nc(C(=O)Nc2ccc(F)cc2I)cs1. The Bertz CT molecular complexity index is 615. The number of aromatic nitrogens is 1. The average molecular weight is 391 g/mol. The molecule has 19 heavy (non-hydrogen) atoms. The van der Waals surface area contributed by atoms with E-state index < -0.39 is 0 Å². The number of hydrogen-bond donors (Lipinski definition) is 2. The molecule has 1 heterocycles. The van der Waals surface area contributed by atoms with Gasteiger partial charge in [0.15, 0.2) is 0 Å². The quantitative estimate of drug-likeness (QED) is 0.790. The Morgan fingerprint density at radius 1 is 1.58 bits per heavy atom. The first-order chi connectivity index (χ1) is 8.97. The van der Waals surface area contributed by atoms with Crippen LogP contribution >= 0.6 is 33.9 Å². The summed E-state index contributed by atoms with van der Waals surface area (Å²) in [5.74, 6) is -0.664. The summed E-state index contributed by atoms with van der Waals surface area (Å²) in [6.45, 7) is 1.81. The van der Waals surface area contributed by atoms with Gasteiger partial charge in [-0.1, -0.05) is 0 Å². The minimum Gasteiger partial charge on any atom is -0.322 e. The van der Waals surface area contributed by atoms with Crippen LogP contribution < -0.4 is 11.1 Å². The summed E-state index contributed by atoms with van der Waals surface area (Å²) >= 11 is 3.31. The number of carbonyl (C=O) groups excluding carboxylic acids is 1. The first-order valence-electron chi connectivity index (χ1n) is 5.45. The average Bonchev–Trinajstić information content (AvgIpc) is 2.82. The second-order valence-corrected chi connectivity index (χ2v) is 5.99. The van der Waals surface area contributed by atoms with Crippen LogP contribution in [0, 0.1) is 9.39 Å². The zero-order valence-corrected chi connectivity index (χ0v) is 13.0. The van der Waals surface area contributed by atoms with Gasteiger partial charge in [0.2, 0.25) is 0 Å². The number of halogens is 2. The molecule has 0 bridgehead atoms. The molecule has 0 aliphatic rings. The van der Waals surface area contributed by atoms with E-state index in [4.69, 9.17) is 5.73 Å². The Kier molecular flexibility index (Phi) is 4.48. The standard InChI is InChI=1S/C12H11FIN3OS/c1-6(15)12-17-10(5-19-12)11(18)16-9-3-2-7(13)4-8(9)14/h2-6H,15H2,1H3,(H,16,18). The fourth-order valence-corrected chi connectivity index (χ4v) is 2.75. The van der Waals surface area contributed by atoms with Crippen molar-refractivity contribution in [2.45, 2.75) is 13.0 Å². The Labute approximate surface area is 127 Å². The van der Waals surface area contributed by atoms with Crippen LogP contribution in [0.2, 0.25) is 0 Å². The predicted octanol–water partition coefficient (Wildman–Crippen LogP) is 3.16. The summed E-state index contributed by atoms with van der Waals surface area (Å²) in [6, 6.07) is 3.97. The molecule has 7 heteroatoms. The highest BCUT2D eigenvalue weighted by Gasteiger charge is 2.14. The molecule has 0 spiro atoms. The van der Waals surface area contributed by atoms with Gasteiger partial charge in [-0.2, -0.15) is 0 Å². The van der Waals surface area contributed by atoms with Crippen molar-refractivity contribution in [3.63, 3.8) is 0 Å². The number of nitrogens with two attached hydrogens (primary N) is 1. The van der Waals surface area contributed by atoms with Crippen LogP contribution in [-0.4, -0.2) is 10.9 Å². The molecule has 0 aliphatic heterocycles. The Hall–Kier alpha value is -1.06. The normalized spacial score (nSPS) is 12.2. The molecule has 0 radical (unpaired) electrons. The van der Waals surface area contributed by atoms with Gasteiger partial charge in [0.05, 0.1) is 11.7 Å². The molecule has 0 saturated carbocycles. The van der Waals surface area contributed by atoms with Crippen LogP contribution in [0.15, 0.2) is 23.6 Å². The molecule has 2 aromatic rings. The molecule has 0 aliphatic carbocycles. The summed E-state index contributed by atoms with van der Waals surface area (Å²) < 4.78 is 13.6. The van der Waals surface area contributed by atoms with Crippen molar-refractivity contribution < 1.29 is 9.18 Å². The Morgan fingerprint density at radius 2 is 2.32 bits per heavy atom. The van der Waals surface area contributed by atoms with Crippen LogP contribution in [-0.2, 0) is 0 Å². The third-order valence-electron chi connectivity index (χ3n) is 2.32. The first-order valence-corrected chi connectivity index (χ1v) is 7.40. The maximum Gasteiger partial charge on any atom is 0.275 e. The van der Waals surface area contributed by atoms with Gasteiger partial charge in [-0.15, -0.1) is 11.3 Å². The number of anilines is 1. The minimum atomic E-state index is -0.338. The molecular formula is C12H11FIN3OS. The topological polar surface area (TPSA) is 68.0 Å². The molecule has 1 amide bonds. The van der Waals surface area contributed by atoms with Crippen LogP contribution in [0.3, 0.4) is 0 Å². The zero-order valence-electron chi connectivity index (χ0n) is 9.98. The number of amides is 1. The number of nitrogens with zero attached hydrogens (tertiary/aromatic N) is 1. The van der Waals surface area contributed by atoms with E-state index in [2.05, 4.69) is 10.3 Å².